The molecule has 1 atom stereocenters. The molecular weight excluding hydrogens is 572 g/mol. The summed E-state index contributed by atoms with van der Waals surface area (Å²) >= 11 is 0. The smallest absolute Gasteiger partial charge is 0.273 e. The average Bonchev–Trinajstić information content (AvgIpc) is 2.98. The van der Waals surface area contributed by atoms with E-state index >= 15 is 0 Å². The molecule has 0 aliphatic carbocycles. The van der Waals surface area contributed by atoms with Gasteiger partial charge in [-0.1, -0.05) is 43.3 Å². The molecule has 12 heteroatoms. The summed E-state index contributed by atoms with van der Waals surface area (Å²) in [4.78, 5) is 39.3. The molecule has 0 fully saturated rings. The molecule has 3 aromatic carbocycles. The van der Waals surface area contributed by atoms with Crippen LogP contribution in [-0.2, 0) is 26.0 Å². The predicted molar refractivity (Wildman–Crippen MR) is 165 cm³/mol. The molecule has 0 saturated carbocycles. The van der Waals surface area contributed by atoms with Crippen molar-refractivity contribution in [1.29, 1.82) is 0 Å². The number of nitro groups is 1. The lowest BCUT2D eigenvalue weighted by atomic mass is 10.1. The van der Waals surface area contributed by atoms with Crippen LogP contribution < -0.4 is 14.4 Å². The van der Waals surface area contributed by atoms with Crippen LogP contribution in [0, 0.1) is 17.0 Å². The number of aryl methyl sites for hydroxylation is 1. The number of hydrogen-bond acceptors (Lipinski definition) is 7. The van der Waals surface area contributed by atoms with E-state index in [-0.39, 0.29) is 34.8 Å². The third kappa shape index (κ3) is 8.31. The monoisotopic (exact) mass is 610 g/mol. The van der Waals surface area contributed by atoms with Crippen LogP contribution in [0.3, 0.4) is 0 Å². The zero-order valence-corrected chi connectivity index (χ0v) is 25.8. The lowest BCUT2D eigenvalue weighted by molar-refractivity contribution is -0.385. The number of ether oxygens (including phenoxy) is 1. The molecule has 0 bridgehead atoms. The van der Waals surface area contributed by atoms with Crippen LogP contribution >= 0.6 is 0 Å². The Kier molecular flexibility index (Phi) is 11.2. The third-order valence-electron chi connectivity index (χ3n) is 6.91. The maximum absolute atomic E-state index is 14.1. The van der Waals surface area contributed by atoms with Crippen molar-refractivity contribution in [2.24, 2.45) is 0 Å². The van der Waals surface area contributed by atoms with E-state index in [0.29, 0.717) is 24.2 Å². The van der Waals surface area contributed by atoms with Gasteiger partial charge in [-0.05, 0) is 69.5 Å². The van der Waals surface area contributed by atoms with Crippen molar-refractivity contribution < 1.29 is 27.7 Å². The summed E-state index contributed by atoms with van der Waals surface area (Å²) in [5.41, 5.74) is 1.04. The van der Waals surface area contributed by atoms with E-state index < -0.39 is 33.4 Å². The molecule has 230 valence electrons. The highest BCUT2D eigenvalue weighted by atomic mass is 32.2. The first-order valence-corrected chi connectivity index (χ1v) is 15.4. The highest BCUT2D eigenvalue weighted by molar-refractivity contribution is 7.92. The second-order valence-corrected chi connectivity index (χ2v) is 12.2. The fourth-order valence-corrected chi connectivity index (χ4v) is 6.06. The number of nitrogens with one attached hydrogen (secondary N) is 1. The van der Waals surface area contributed by atoms with Crippen LogP contribution in [0.1, 0.15) is 38.3 Å². The van der Waals surface area contributed by atoms with Gasteiger partial charge in [0.05, 0.1) is 22.6 Å². The SMILES string of the molecule is CC[C@H](C(=O)NC(C)C)N(CCc1ccccc1)C(=O)CN(c1ccc(OC)cc1)S(=O)(=O)c1ccc(C)c([N+](=O)[O-])c1. The number of benzene rings is 3. The van der Waals surface area contributed by atoms with Gasteiger partial charge < -0.3 is 15.0 Å². The van der Waals surface area contributed by atoms with Gasteiger partial charge in [0.2, 0.25) is 11.8 Å². The number of rotatable bonds is 14. The number of anilines is 1. The standard InChI is InChI=1S/C31H38N4O7S/c1-6-28(31(37)32-22(2)3)33(19-18-24-10-8-7-9-11-24)30(36)21-34(25-13-15-26(42-5)16-14-25)43(40,41)27-17-12-23(4)29(20-27)35(38)39/h7-17,20,22,28H,6,18-19,21H2,1-5H3,(H,32,37)/t28-/m1/s1. The largest absolute Gasteiger partial charge is 0.497 e. The Hall–Kier alpha value is -4.45. The first kappa shape index (κ1) is 33.1. The second kappa shape index (κ2) is 14.6. The van der Waals surface area contributed by atoms with E-state index in [9.17, 15) is 28.1 Å². The Bertz CT molecular complexity index is 1530. The molecule has 2 amide bonds. The van der Waals surface area contributed by atoms with Gasteiger partial charge in [-0.25, -0.2) is 8.42 Å². The molecule has 0 aliphatic heterocycles. The zero-order chi connectivity index (χ0) is 31.7. The molecule has 3 rings (SSSR count). The van der Waals surface area contributed by atoms with Crippen molar-refractivity contribution in [2.45, 2.75) is 57.5 Å². The van der Waals surface area contributed by atoms with Crippen molar-refractivity contribution in [2.75, 3.05) is 24.5 Å². The number of carbonyl (C=O) groups is 2. The minimum absolute atomic E-state index is 0.153. The van der Waals surface area contributed by atoms with E-state index in [1.807, 2.05) is 44.2 Å². The Balaban J connectivity index is 2.07. The molecule has 0 aromatic heterocycles. The van der Waals surface area contributed by atoms with Gasteiger partial charge in [0.1, 0.15) is 18.3 Å². The van der Waals surface area contributed by atoms with Crippen LogP contribution in [0.15, 0.2) is 77.7 Å². The molecule has 0 heterocycles. The maximum atomic E-state index is 14.1. The molecule has 0 spiro atoms. The van der Waals surface area contributed by atoms with E-state index in [4.69, 9.17) is 4.74 Å². The molecule has 0 unspecified atom stereocenters. The molecule has 11 nitrogen and oxygen atoms in total. The number of hydrogen-bond donors (Lipinski definition) is 1. The Morgan fingerprint density at radius 2 is 1.67 bits per heavy atom. The lowest BCUT2D eigenvalue weighted by Gasteiger charge is -2.33. The lowest BCUT2D eigenvalue weighted by Crippen LogP contribution is -2.54. The summed E-state index contributed by atoms with van der Waals surface area (Å²) < 4.78 is 34.2. The first-order valence-electron chi connectivity index (χ1n) is 13.9. The fourth-order valence-electron chi connectivity index (χ4n) is 4.63. The molecular formula is C31H38N4O7S. The normalized spacial score (nSPS) is 12.0. The Labute approximate surface area is 252 Å². The summed E-state index contributed by atoms with van der Waals surface area (Å²) in [5, 5.41) is 14.5. The number of nitrogens with zero attached hydrogens (tertiary/aromatic N) is 3. The van der Waals surface area contributed by atoms with Crippen LogP contribution in [0.2, 0.25) is 0 Å². The van der Waals surface area contributed by atoms with Crippen molar-refractivity contribution in [1.82, 2.24) is 10.2 Å². The van der Waals surface area contributed by atoms with Crippen molar-refractivity contribution in [3.05, 3.63) is 94.0 Å². The van der Waals surface area contributed by atoms with Crippen molar-refractivity contribution in [3.8, 4) is 5.75 Å². The van der Waals surface area contributed by atoms with E-state index in [1.165, 1.54) is 43.2 Å². The third-order valence-corrected chi connectivity index (χ3v) is 8.68. The minimum Gasteiger partial charge on any atom is -0.497 e. The van der Waals surface area contributed by atoms with Crippen molar-refractivity contribution >= 4 is 33.2 Å². The summed E-state index contributed by atoms with van der Waals surface area (Å²) in [5.74, 6) is -0.464. The molecule has 3 aromatic rings. The molecule has 0 radical (unpaired) electrons. The van der Waals surface area contributed by atoms with Gasteiger partial charge in [0, 0.05) is 24.2 Å². The minimum atomic E-state index is -4.47. The average molecular weight is 611 g/mol. The van der Waals surface area contributed by atoms with E-state index in [2.05, 4.69) is 5.32 Å². The first-order chi connectivity index (χ1) is 20.4. The topological polar surface area (TPSA) is 139 Å². The molecule has 0 aliphatic rings. The molecule has 1 N–H and O–H groups in total. The van der Waals surface area contributed by atoms with E-state index in [1.54, 1.807) is 19.1 Å². The number of methoxy groups -OCH3 is 1. The van der Waals surface area contributed by atoms with Gasteiger partial charge in [-0.2, -0.15) is 0 Å². The summed E-state index contributed by atoms with van der Waals surface area (Å²) in [6.07, 6.45) is 0.746. The highest BCUT2D eigenvalue weighted by Crippen LogP contribution is 2.29. The zero-order valence-electron chi connectivity index (χ0n) is 25.0. The second-order valence-electron chi connectivity index (χ2n) is 10.3. The Morgan fingerprint density at radius 1 is 1.02 bits per heavy atom. The number of sulfonamides is 1. The summed E-state index contributed by atoms with van der Waals surface area (Å²) in [6.45, 7) is 6.46. The van der Waals surface area contributed by atoms with E-state index in [0.717, 1.165) is 15.9 Å². The van der Waals surface area contributed by atoms with Crippen molar-refractivity contribution in [3.63, 3.8) is 0 Å². The number of nitro benzene ring substituents is 1. The van der Waals surface area contributed by atoms with Crippen LogP contribution in [0.5, 0.6) is 5.75 Å². The maximum Gasteiger partial charge on any atom is 0.273 e. The quantitative estimate of drug-likeness (QED) is 0.210. The fraction of sp³-hybridized carbons (Fsp3) is 0.355. The van der Waals surface area contributed by atoms with Crippen LogP contribution in [0.4, 0.5) is 11.4 Å². The highest BCUT2D eigenvalue weighted by Gasteiger charge is 2.34. The van der Waals surface area contributed by atoms with Gasteiger partial charge in [0.15, 0.2) is 0 Å². The van der Waals surface area contributed by atoms with Crippen LogP contribution in [-0.4, -0.2) is 62.3 Å². The number of carbonyl (C=O) groups excluding carboxylic acids is 2. The summed E-state index contributed by atoms with van der Waals surface area (Å²) in [7, 11) is -3.01. The summed E-state index contributed by atoms with van der Waals surface area (Å²) in [6, 6.07) is 18.2. The molecule has 0 saturated heterocycles. The van der Waals surface area contributed by atoms with Gasteiger partial charge in [0.25, 0.3) is 15.7 Å². The van der Waals surface area contributed by atoms with Gasteiger partial charge in [-0.15, -0.1) is 0 Å². The number of amides is 2. The molecule has 43 heavy (non-hydrogen) atoms. The Morgan fingerprint density at radius 3 is 2.23 bits per heavy atom. The predicted octanol–water partition coefficient (Wildman–Crippen LogP) is 4.48. The van der Waals surface area contributed by atoms with Gasteiger partial charge in [-0.3, -0.25) is 24.0 Å². The van der Waals surface area contributed by atoms with Crippen LogP contribution in [0.25, 0.3) is 0 Å². The van der Waals surface area contributed by atoms with Gasteiger partial charge >= 0.3 is 0 Å².